The number of carboxylic acids is 1. The van der Waals surface area contributed by atoms with Crippen molar-refractivity contribution < 1.29 is 14.8 Å². The first-order valence-electron chi connectivity index (χ1n) is 5.15. The molecule has 0 aliphatic heterocycles. The first kappa shape index (κ1) is 14.4. The fourth-order valence-electron chi connectivity index (χ4n) is 1.31. The van der Waals surface area contributed by atoms with Gasteiger partial charge in [-0.25, -0.2) is 14.8 Å². The summed E-state index contributed by atoms with van der Waals surface area (Å²) in [6, 6.07) is 4.45. The van der Waals surface area contributed by atoms with Crippen molar-refractivity contribution in [3.63, 3.8) is 0 Å². The molecule has 0 aromatic carbocycles. The largest absolute Gasteiger partial charge is 0.478 e. The van der Waals surface area contributed by atoms with Crippen LogP contribution in [-0.2, 0) is 0 Å². The highest BCUT2D eigenvalue weighted by atomic mass is 79.9. The van der Waals surface area contributed by atoms with Gasteiger partial charge in [-0.1, -0.05) is 0 Å². The average molecular weight is 356 g/mol. The van der Waals surface area contributed by atoms with E-state index < -0.39 is 10.9 Å². The summed E-state index contributed by atoms with van der Waals surface area (Å²) in [5.74, 6) is -1.28. The number of carbonyl (C=O) groups is 1. The van der Waals surface area contributed by atoms with Crippen LogP contribution in [0.5, 0.6) is 0 Å². The van der Waals surface area contributed by atoms with Gasteiger partial charge in [0.25, 0.3) is 5.69 Å². The topological polar surface area (TPSA) is 106 Å². The summed E-state index contributed by atoms with van der Waals surface area (Å²) < 4.78 is 0.682. The predicted molar refractivity (Wildman–Crippen MR) is 73.9 cm³/mol. The van der Waals surface area contributed by atoms with E-state index >= 15 is 0 Å². The van der Waals surface area contributed by atoms with Crippen LogP contribution >= 0.6 is 27.7 Å². The van der Waals surface area contributed by atoms with Crippen LogP contribution < -0.4 is 0 Å². The molecule has 0 saturated heterocycles. The van der Waals surface area contributed by atoms with Crippen molar-refractivity contribution in [3.8, 4) is 0 Å². The van der Waals surface area contributed by atoms with E-state index in [9.17, 15) is 14.9 Å². The first-order chi connectivity index (χ1) is 9.49. The molecule has 20 heavy (non-hydrogen) atoms. The second-order valence-electron chi connectivity index (χ2n) is 3.50. The third kappa shape index (κ3) is 3.11. The Balaban J connectivity index is 2.44. The maximum Gasteiger partial charge on any atom is 0.338 e. The molecule has 2 aromatic heterocycles. The Morgan fingerprint density at radius 3 is 2.75 bits per heavy atom. The molecule has 0 spiro atoms. The summed E-state index contributed by atoms with van der Waals surface area (Å²) in [6.07, 6.45) is 2.57. The van der Waals surface area contributed by atoms with Crippen LogP contribution in [0.1, 0.15) is 10.4 Å². The molecule has 2 aromatic rings. The van der Waals surface area contributed by atoms with Crippen molar-refractivity contribution in [2.75, 3.05) is 0 Å². The number of pyridine rings is 2. The van der Waals surface area contributed by atoms with Gasteiger partial charge in [-0.3, -0.25) is 10.1 Å². The van der Waals surface area contributed by atoms with Gasteiger partial charge < -0.3 is 5.11 Å². The number of nitrogens with zero attached hydrogens (tertiary/aromatic N) is 3. The Labute approximate surface area is 125 Å². The zero-order valence-corrected chi connectivity index (χ0v) is 12.1. The molecular weight excluding hydrogens is 350 g/mol. The highest BCUT2D eigenvalue weighted by molar-refractivity contribution is 9.10. The van der Waals surface area contributed by atoms with Crippen LogP contribution in [0.15, 0.2) is 45.1 Å². The average Bonchev–Trinajstić information content (AvgIpc) is 2.41. The van der Waals surface area contributed by atoms with Gasteiger partial charge in [-0.15, -0.1) is 0 Å². The van der Waals surface area contributed by atoms with Crippen molar-refractivity contribution in [1.82, 2.24) is 9.97 Å². The first-order valence-corrected chi connectivity index (χ1v) is 6.76. The standard InChI is InChI=1S/C11H6BrN3O4S/c12-8-2-1-3-13-10(8)20-9-7(11(16)17)4-6(5-14-9)15(18)19/h1-5H,(H,16,17). The monoisotopic (exact) mass is 355 g/mol. The molecular formula is C11H6BrN3O4S. The van der Waals surface area contributed by atoms with Crippen LogP contribution in [0, 0.1) is 10.1 Å². The smallest absolute Gasteiger partial charge is 0.338 e. The van der Waals surface area contributed by atoms with E-state index in [0.29, 0.717) is 9.50 Å². The van der Waals surface area contributed by atoms with Gasteiger partial charge in [-0.2, -0.15) is 0 Å². The maximum absolute atomic E-state index is 11.2. The van der Waals surface area contributed by atoms with Crippen molar-refractivity contribution >= 4 is 39.3 Å². The van der Waals surface area contributed by atoms with E-state index in [2.05, 4.69) is 25.9 Å². The van der Waals surface area contributed by atoms with Gasteiger partial charge >= 0.3 is 5.97 Å². The molecule has 1 N–H and O–H groups in total. The molecule has 7 nitrogen and oxygen atoms in total. The summed E-state index contributed by atoms with van der Waals surface area (Å²) in [6.45, 7) is 0. The minimum absolute atomic E-state index is 0.141. The highest BCUT2D eigenvalue weighted by Gasteiger charge is 2.19. The molecule has 0 radical (unpaired) electrons. The van der Waals surface area contributed by atoms with E-state index in [1.54, 1.807) is 18.3 Å². The summed E-state index contributed by atoms with van der Waals surface area (Å²) in [7, 11) is 0. The SMILES string of the molecule is O=C(O)c1cc([N+](=O)[O-])cnc1Sc1ncccc1Br. The molecule has 102 valence electrons. The van der Waals surface area contributed by atoms with Gasteiger partial charge in [0.15, 0.2) is 0 Å². The fourth-order valence-corrected chi connectivity index (χ4v) is 2.64. The number of halogens is 1. The molecule has 2 heterocycles. The number of carboxylic acid groups (broad SMARTS) is 1. The zero-order chi connectivity index (χ0) is 14.7. The number of hydrogen-bond acceptors (Lipinski definition) is 6. The van der Waals surface area contributed by atoms with E-state index in [-0.39, 0.29) is 16.3 Å². The summed E-state index contributed by atoms with van der Waals surface area (Å²) in [5, 5.41) is 20.4. The Bertz CT molecular complexity index is 695. The van der Waals surface area contributed by atoms with Crippen LogP contribution in [0.25, 0.3) is 0 Å². The maximum atomic E-state index is 11.2. The van der Waals surface area contributed by atoms with Gasteiger partial charge in [0, 0.05) is 12.3 Å². The van der Waals surface area contributed by atoms with Gasteiger partial charge in [-0.05, 0) is 39.8 Å². The van der Waals surface area contributed by atoms with Crippen molar-refractivity contribution in [3.05, 3.63) is 50.7 Å². The normalized spacial score (nSPS) is 10.2. The van der Waals surface area contributed by atoms with Crippen LogP contribution in [0.3, 0.4) is 0 Å². The lowest BCUT2D eigenvalue weighted by Crippen LogP contribution is -2.03. The zero-order valence-electron chi connectivity index (χ0n) is 9.69. The Hall–Kier alpha value is -2.00. The number of hydrogen-bond donors (Lipinski definition) is 1. The third-order valence-corrected chi connectivity index (χ3v) is 4.14. The molecule has 0 aliphatic carbocycles. The Kier molecular flexibility index (Phi) is 4.30. The van der Waals surface area contributed by atoms with Crippen LogP contribution in [-0.4, -0.2) is 26.0 Å². The number of rotatable bonds is 4. The summed E-state index contributed by atoms with van der Waals surface area (Å²) in [5.41, 5.74) is -0.603. The summed E-state index contributed by atoms with van der Waals surface area (Å²) >= 11 is 4.30. The number of nitro groups is 1. The lowest BCUT2D eigenvalue weighted by molar-refractivity contribution is -0.385. The summed E-state index contributed by atoms with van der Waals surface area (Å²) in [4.78, 5) is 29.0. The minimum atomic E-state index is -1.28. The molecule has 0 aliphatic rings. The quantitative estimate of drug-likeness (QED) is 0.663. The minimum Gasteiger partial charge on any atom is -0.478 e. The Morgan fingerprint density at radius 2 is 2.15 bits per heavy atom. The number of aromatic carboxylic acids is 1. The van der Waals surface area contributed by atoms with Crippen LogP contribution in [0.2, 0.25) is 0 Å². The van der Waals surface area contributed by atoms with Crippen molar-refractivity contribution in [2.45, 2.75) is 10.1 Å². The molecule has 0 unspecified atom stereocenters. The van der Waals surface area contributed by atoms with E-state index in [1.807, 2.05) is 0 Å². The molecule has 0 saturated carbocycles. The molecule has 9 heteroatoms. The van der Waals surface area contributed by atoms with E-state index in [4.69, 9.17) is 5.11 Å². The Morgan fingerprint density at radius 1 is 1.40 bits per heavy atom. The van der Waals surface area contributed by atoms with Gasteiger partial charge in [0.2, 0.25) is 0 Å². The second-order valence-corrected chi connectivity index (χ2v) is 5.33. The molecule has 0 bridgehead atoms. The highest BCUT2D eigenvalue weighted by Crippen LogP contribution is 2.33. The third-order valence-electron chi connectivity index (χ3n) is 2.20. The number of aromatic nitrogens is 2. The lowest BCUT2D eigenvalue weighted by Gasteiger charge is -2.05. The van der Waals surface area contributed by atoms with E-state index in [1.165, 1.54) is 0 Å². The second kappa shape index (κ2) is 5.97. The van der Waals surface area contributed by atoms with Gasteiger partial charge in [0.05, 0.1) is 15.0 Å². The molecule has 0 atom stereocenters. The fraction of sp³-hybridized carbons (Fsp3) is 0. The van der Waals surface area contributed by atoms with Gasteiger partial charge in [0.1, 0.15) is 16.2 Å². The van der Waals surface area contributed by atoms with E-state index in [0.717, 1.165) is 24.0 Å². The molecule has 0 amide bonds. The van der Waals surface area contributed by atoms with Crippen molar-refractivity contribution in [2.24, 2.45) is 0 Å². The molecule has 2 rings (SSSR count). The lowest BCUT2D eigenvalue weighted by atomic mass is 10.3. The van der Waals surface area contributed by atoms with Crippen molar-refractivity contribution in [1.29, 1.82) is 0 Å². The molecule has 0 fully saturated rings. The predicted octanol–water partition coefficient (Wildman–Crippen LogP) is 3.00. The van der Waals surface area contributed by atoms with Crippen LogP contribution in [0.4, 0.5) is 5.69 Å².